The van der Waals surface area contributed by atoms with Gasteiger partial charge in [-0.25, -0.2) is 0 Å². The molecule has 0 saturated heterocycles. The van der Waals surface area contributed by atoms with Gasteiger partial charge in [-0.3, -0.25) is 38.4 Å². The van der Waals surface area contributed by atoms with Crippen LogP contribution in [0.5, 0.6) is 0 Å². The lowest BCUT2D eigenvalue weighted by molar-refractivity contribution is 0.0803. The molecule has 13 aromatic rings. The summed E-state index contributed by atoms with van der Waals surface area (Å²) in [5.41, 5.74) is 24.3. The van der Waals surface area contributed by atoms with Gasteiger partial charge in [0.1, 0.15) is 0 Å². The average molecular weight is 1510 g/mol. The number of benzene rings is 12. The van der Waals surface area contributed by atoms with Crippen molar-refractivity contribution < 1.29 is 28.8 Å². The molecule has 6 N–H and O–H groups in total. The summed E-state index contributed by atoms with van der Waals surface area (Å²) in [5.74, 6) is -1.75. The molecule has 2 unspecified atom stereocenters. The summed E-state index contributed by atoms with van der Waals surface area (Å²) in [6.07, 6.45) is 12.3. The first-order chi connectivity index (χ1) is 55.3. The molecule has 2 atom stereocenters. The number of H-pyrrole nitrogens is 2. The van der Waals surface area contributed by atoms with Gasteiger partial charge in [0.05, 0.1) is 89.9 Å². The van der Waals surface area contributed by atoms with Crippen LogP contribution < -0.4 is 32.1 Å². The highest BCUT2D eigenvalue weighted by molar-refractivity contribution is 6.33. The van der Waals surface area contributed by atoms with Gasteiger partial charge in [0.25, 0.3) is 0 Å². The molecule has 12 aromatic carbocycles. The number of aryl methyl sites for hydroxylation is 10. The molecule has 0 amide bonds. The zero-order valence-corrected chi connectivity index (χ0v) is 67.3. The van der Waals surface area contributed by atoms with Crippen LogP contribution in [0.25, 0.3) is 43.6 Å². The average Bonchev–Trinajstić information content (AvgIpc) is 0.734. The van der Waals surface area contributed by atoms with E-state index in [1.54, 1.807) is 97.1 Å². The number of anilines is 8. The highest BCUT2D eigenvalue weighted by atomic mass is 16.2. The van der Waals surface area contributed by atoms with Crippen LogP contribution in [-0.2, 0) is 38.5 Å². The molecule has 14 nitrogen and oxygen atoms in total. The number of hydrogen-bond acceptors (Lipinski definition) is 12. The van der Waals surface area contributed by atoms with Crippen LogP contribution in [0.1, 0.15) is 209 Å². The Balaban J connectivity index is 0.000000146. The molecule has 1 aromatic heterocycles. The lowest BCUT2D eigenvalue weighted by Crippen LogP contribution is -2.35. The van der Waals surface area contributed by atoms with Crippen molar-refractivity contribution >= 4 is 124 Å². The van der Waals surface area contributed by atoms with Crippen molar-refractivity contribution in [2.45, 2.75) is 135 Å². The Hall–Kier alpha value is -12.9. The monoisotopic (exact) mass is 1510 g/mol. The number of aromatic nitrogens is 2. The maximum absolute atomic E-state index is 14.1. The Labute approximate surface area is 665 Å². The lowest BCUT2D eigenvalue weighted by atomic mass is 9.72. The van der Waals surface area contributed by atoms with E-state index in [-0.39, 0.29) is 45.6 Å². The minimum absolute atomic E-state index is 0.0848. The fourth-order valence-electron chi connectivity index (χ4n) is 16.6. The largest absolute Gasteiger partial charge is 0.354 e. The molecular weight excluding hydrogens is 1410 g/mol. The number of aromatic amines is 2. The van der Waals surface area contributed by atoms with Gasteiger partial charge in [0, 0.05) is 66.7 Å². The van der Waals surface area contributed by atoms with Crippen molar-refractivity contribution in [2.75, 3.05) is 21.3 Å². The number of ketones is 6. The quantitative estimate of drug-likeness (QED) is 0.0443. The third kappa shape index (κ3) is 14.2. The normalized spacial score (nSPS) is 14.0. The van der Waals surface area contributed by atoms with Crippen LogP contribution in [0.15, 0.2) is 216 Å². The van der Waals surface area contributed by atoms with Gasteiger partial charge in [0.2, 0.25) is 0 Å². The second-order valence-corrected chi connectivity index (χ2v) is 28.8. The highest BCUT2D eigenvalue weighted by Gasteiger charge is 2.42. The smallest absolute Gasteiger partial charge is 0.196 e. The molecular formula is C100H96N6O8. The predicted octanol–water partition coefficient (Wildman–Crippen LogP) is 23.0. The van der Waals surface area contributed by atoms with Crippen LogP contribution in [-0.4, -0.2) is 44.7 Å². The van der Waals surface area contributed by atoms with E-state index in [1.165, 1.54) is 33.4 Å². The van der Waals surface area contributed by atoms with E-state index >= 15 is 0 Å². The summed E-state index contributed by atoms with van der Waals surface area (Å²) >= 11 is 0. The number of allylic oxidation sites excluding steroid dienone is 4. The fourth-order valence-corrected chi connectivity index (χ4v) is 16.6. The molecule has 4 aliphatic carbocycles. The zero-order chi connectivity index (χ0) is 81.1. The number of fused-ring (bicyclic) bond motifs is 12. The molecule has 0 aliphatic heterocycles. The molecule has 17 rings (SSSR count). The summed E-state index contributed by atoms with van der Waals surface area (Å²) in [7, 11) is 0. The second-order valence-electron chi connectivity index (χ2n) is 28.8. The van der Waals surface area contributed by atoms with Crippen molar-refractivity contribution in [3.05, 3.63) is 338 Å². The minimum Gasteiger partial charge on any atom is -0.354 e. The van der Waals surface area contributed by atoms with Gasteiger partial charge in [-0.05, 0) is 159 Å². The molecule has 4 aliphatic rings. The molecule has 0 radical (unpaired) electrons. The lowest BCUT2D eigenvalue weighted by Gasteiger charge is -2.29. The van der Waals surface area contributed by atoms with Gasteiger partial charge in [-0.15, -0.1) is 0 Å². The molecule has 14 heteroatoms. The van der Waals surface area contributed by atoms with Gasteiger partial charge in [-0.2, -0.15) is 0 Å². The van der Waals surface area contributed by atoms with Gasteiger partial charge >= 0.3 is 0 Å². The third-order valence-electron chi connectivity index (χ3n) is 22.2. The summed E-state index contributed by atoms with van der Waals surface area (Å²) in [6, 6.07) is 56.7. The third-order valence-corrected chi connectivity index (χ3v) is 22.2. The number of para-hydroxylation sites is 2. The van der Waals surface area contributed by atoms with E-state index in [0.29, 0.717) is 122 Å². The SMILES string of the molecule is CC.CC.CCc1cc(C)cc(CC)c1Nc1ccc(Nc2c(CC)cc(C)cc2CC)c2c1C(=O)c1ccccc1C2=O.CCc1cccc(C)c1Nc1ccc(Nc2c(C)cccc2CC)c2c1C(=O)c1ccccc1C2=O.O=C1c2ccc3[nH]c4c(ccc5c(=O)c6ccccc6c(=O)c54)[nH]c3c2C(=O)C2C=CC=CC12. The fraction of sp³-hybridized carbons (Fsp3) is 0.220. The summed E-state index contributed by atoms with van der Waals surface area (Å²) in [6.45, 7) is 29.1. The molecule has 0 spiro atoms. The van der Waals surface area contributed by atoms with Crippen LogP contribution in [0.2, 0.25) is 0 Å². The van der Waals surface area contributed by atoms with Gasteiger partial charge in [-0.1, -0.05) is 238 Å². The number of Topliss-reactive ketones (excluding diaryl/α,β-unsaturated/α-hetero) is 2. The molecule has 574 valence electrons. The Morgan fingerprint density at radius 1 is 0.307 bits per heavy atom. The summed E-state index contributed by atoms with van der Waals surface area (Å²) in [5, 5.41) is 15.7. The van der Waals surface area contributed by atoms with E-state index in [0.717, 1.165) is 83.5 Å². The zero-order valence-electron chi connectivity index (χ0n) is 67.3. The predicted molar refractivity (Wildman–Crippen MR) is 468 cm³/mol. The first-order valence-electron chi connectivity index (χ1n) is 40.0. The summed E-state index contributed by atoms with van der Waals surface area (Å²) < 4.78 is 0. The van der Waals surface area contributed by atoms with Crippen molar-refractivity contribution in [3.8, 4) is 0 Å². The first-order valence-corrected chi connectivity index (χ1v) is 40.0. The van der Waals surface area contributed by atoms with E-state index in [9.17, 15) is 38.4 Å². The van der Waals surface area contributed by atoms with Gasteiger partial charge < -0.3 is 31.2 Å². The van der Waals surface area contributed by atoms with E-state index in [4.69, 9.17) is 0 Å². The maximum atomic E-state index is 14.1. The maximum Gasteiger partial charge on any atom is 0.196 e. The van der Waals surface area contributed by atoms with Crippen LogP contribution >= 0.6 is 0 Å². The van der Waals surface area contributed by atoms with E-state index in [2.05, 4.69) is 149 Å². The van der Waals surface area contributed by atoms with E-state index < -0.39 is 11.8 Å². The molecule has 0 fully saturated rings. The van der Waals surface area contributed by atoms with Crippen molar-refractivity contribution in [2.24, 2.45) is 11.8 Å². The van der Waals surface area contributed by atoms with Gasteiger partial charge in [0.15, 0.2) is 45.6 Å². The standard InChI is InChI=1S/C36H38N2O2.C32H30N2O2.C28H16N2O4.2C2H6/c1-7-23-17-21(5)18-24(8-2)33(23)37-29-15-16-30(38-34-25(9-3)19-22(6)20-26(34)10-4)32-31(29)35(39)27-13-11-12-14-28(27)36(32)40;1-5-21-13-9-11-19(3)29(21)33-25-17-18-26(34-30-20(4)12-10-14-22(30)6-2)28-27(25)31(35)23-15-7-8-16-24(23)32(28)36;31-25-13-5-1-3-7-15(13)27(33)21-17(25)9-11-19-23(21)29-20-12-10-18-22(24(20)30-19)28(34)16-8-4-2-6-14(16)26(18)32;2*1-2/h11-20,37-38H,7-10H2,1-6H3;7-18,33-34H,5-6H2,1-4H3;1-13,15,29-30H;2*1-2H3. The molecule has 1 heterocycles. The van der Waals surface area contributed by atoms with Crippen LogP contribution in [0.4, 0.5) is 45.5 Å². The van der Waals surface area contributed by atoms with Crippen LogP contribution in [0.3, 0.4) is 0 Å². The highest BCUT2D eigenvalue weighted by Crippen LogP contribution is 2.45. The summed E-state index contributed by atoms with van der Waals surface area (Å²) in [4.78, 5) is 116. The topological polar surface area (TPSA) is 216 Å². The Morgan fingerprint density at radius 3 is 1.04 bits per heavy atom. The Morgan fingerprint density at radius 2 is 0.649 bits per heavy atom. The molecule has 0 saturated carbocycles. The van der Waals surface area contributed by atoms with Crippen LogP contribution in [0, 0.1) is 39.5 Å². The molecule has 114 heavy (non-hydrogen) atoms. The first kappa shape index (κ1) is 79.2. The van der Waals surface area contributed by atoms with Crippen molar-refractivity contribution in [1.29, 1.82) is 0 Å². The number of carbonyl (C=O) groups is 6. The Bertz CT molecular complexity index is 6040. The number of carbonyl (C=O) groups excluding carboxylic acids is 6. The minimum atomic E-state index is -0.529. The second kappa shape index (κ2) is 33.6. The number of nitrogens with one attached hydrogen (secondary N) is 6. The molecule has 0 bridgehead atoms. The van der Waals surface area contributed by atoms with Crippen molar-refractivity contribution in [3.63, 3.8) is 0 Å². The number of rotatable bonds is 14. The van der Waals surface area contributed by atoms with E-state index in [1.807, 2.05) is 88.4 Å². The van der Waals surface area contributed by atoms with Crippen molar-refractivity contribution in [1.82, 2.24) is 9.97 Å². The number of hydrogen-bond donors (Lipinski definition) is 6. The Kier molecular flexibility index (Phi) is 23.3.